The Bertz CT molecular complexity index is 1390. The van der Waals surface area contributed by atoms with Crippen molar-refractivity contribution in [3.63, 3.8) is 0 Å². The number of benzene rings is 2. The predicted octanol–water partition coefficient (Wildman–Crippen LogP) is 4.43. The first kappa shape index (κ1) is 24.9. The van der Waals surface area contributed by atoms with Gasteiger partial charge in [0.1, 0.15) is 11.3 Å². The number of amides is 1. The molecule has 0 unspecified atom stereocenters. The number of hydrogen-bond acceptors (Lipinski definition) is 6. The fourth-order valence-corrected chi connectivity index (χ4v) is 4.38. The standard InChI is InChI=1S/C28H28N2O6/c1-5-36-27(34)17-6-8-18(9-7-17)29-25(32)22-14-21-23(15-28(2,3)16-24(21)31)30(26(22)33)19-10-12-20(35-4)13-11-19/h6-14H,5,15-16H2,1-4H3,(H,29,32). The van der Waals surface area contributed by atoms with Crippen molar-refractivity contribution in [2.45, 2.75) is 33.6 Å². The van der Waals surface area contributed by atoms with E-state index >= 15 is 0 Å². The van der Waals surface area contributed by atoms with Crippen LogP contribution in [0.25, 0.3) is 5.69 Å². The first-order valence-electron chi connectivity index (χ1n) is 11.7. The Morgan fingerprint density at radius 1 is 1.00 bits per heavy atom. The van der Waals surface area contributed by atoms with Crippen molar-refractivity contribution < 1.29 is 23.9 Å². The van der Waals surface area contributed by atoms with E-state index in [0.717, 1.165) is 0 Å². The Morgan fingerprint density at radius 3 is 2.28 bits per heavy atom. The number of pyridine rings is 1. The van der Waals surface area contributed by atoms with Gasteiger partial charge in [0.25, 0.3) is 11.5 Å². The van der Waals surface area contributed by atoms with Crippen LogP contribution >= 0.6 is 0 Å². The van der Waals surface area contributed by atoms with Gasteiger partial charge in [0.15, 0.2) is 5.78 Å². The summed E-state index contributed by atoms with van der Waals surface area (Å²) in [6.07, 6.45) is 0.823. The number of carbonyl (C=O) groups excluding carboxylic acids is 3. The predicted molar refractivity (Wildman–Crippen MR) is 135 cm³/mol. The van der Waals surface area contributed by atoms with Gasteiger partial charge in [-0.3, -0.25) is 19.0 Å². The van der Waals surface area contributed by atoms with Crippen molar-refractivity contribution in [3.8, 4) is 11.4 Å². The second kappa shape index (κ2) is 9.81. The summed E-state index contributed by atoms with van der Waals surface area (Å²) >= 11 is 0. The number of ketones is 1. The highest BCUT2D eigenvalue weighted by Gasteiger charge is 2.35. The molecule has 8 nitrogen and oxygen atoms in total. The van der Waals surface area contributed by atoms with E-state index in [9.17, 15) is 19.2 Å². The van der Waals surface area contributed by atoms with Crippen LogP contribution in [0.4, 0.5) is 5.69 Å². The molecule has 3 aromatic rings. The average molecular weight is 489 g/mol. The molecule has 0 saturated carbocycles. The van der Waals surface area contributed by atoms with E-state index in [2.05, 4.69) is 5.32 Å². The zero-order chi connectivity index (χ0) is 26.0. The molecule has 0 saturated heterocycles. The summed E-state index contributed by atoms with van der Waals surface area (Å²) in [5.74, 6) is -0.603. The zero-order valence-corrected chi connectivity index (χ0v) is 20.7. The largest absolute Gasteiger partial charge is 0.497 e. The van der Waals surface area contributed by atoms with Gasteiger partial charge in [0.2, 0.25) is 0 Å². The lowest BCUT2D eigenvalue weighted by molar-refractivity contribution is 0.0526. The number of anilines is 1. The van der Waals surface area contributed by atoms with Gasteiger partial charge in [-0.25, -0.2) is 4.79 Å². The topological polar surface area (TPSA) is 104 Å². The summed E-state index contributed by atoms with van der Waals surface area (Å²) in [5, 5.41) is 2.70. The minimum atomic E-state index is -0.647. The van der Waals surface area contributed by atoms with Crippen molar-refractivity contribution in [3.05, 3.63) is 87.3 Å². The summed E-state index contributed by atoms with van der Waals surface area (Å²) in [6.45, 7) is 5.94. The fourth-order valence-electron chi connectivity index (χ4n) is 4.38. The quantitative estimate of drug-likeness (QED) is 0.515. The molecular formula is C28H28N2O6. The highest BCUT2D eigenvalue weighted by molar-refractivity contribution is 6.07. The summed E-state index contributed by atoms with van der Waals surface area (Å²) in [7, 11) is 1.55. The number of nitrogens with one attached hydrogen (secondary N) is 1. The molecule has 8 heteroatoms. The molecule has 1 aliphatic rings. The molecule has 1 aromatic heterocycles. The smallest absolute Gasteiger partial charge is 0.338 e. The van der Waals surface area contributed by atoms with Crippen LogP contribution in [0.3, 0.4) is 0 Å². The Morgan fingerprint density at radius 2 is 1.67 bits per heavy atom. The number of ether oxygens (including phenoxy) is 2. The van der Waals surface area contributed by atoms with E-state index in [4.69, 9.17) is 9.47 Å². The third-order valence-electron chi connectivity index (χ3n) is 6.12. The van der Waals surface area contributed by atoms with Gasteiger partial charge in [0.05, 0.1) is 19.3 Å². The van der Waals surface area contributed by atoms with Gasteiger partial charge in [0, 0.05) is 29.1 Å². The molecule has 186 valence electrons. The molecule has 4 rings (SSSR count). The molecular weight excluding hydrogens is 460 g/mol. The molecule has 1 heterocycles. The van der Waals surface area contributed by atoms with E-state index in [1.807, 2.05) is 13.8 Å². The number of fused-ring (bicyclic) bond motifs is 1. The Hall–Kier alpha value is -4.20. The number of nitrogens with zero attached hydrogens (tertiary/aromatic N) is 1. The lowest BCUT2D eigenvalue weighted by Gasteiger charge is -2.32. The van der Waals surface area contributed by atoms with Gasteiger partial charge in [-0.15, -0.1) is 0 Å². The summed E-state index contributed by atoms with van der Waals surface area (Å²) in [4.78, 5) is 51.8. The summed E-state index contributed by atoms with van der Waals surface area (Å²) < 4.78 is 11.7. The number of Topliss-reactive ketones (excluding diaryl/α,β-unsaturated/α-hetero) is 1. The van der Waals surface area contributed by atoms with Crippen LogP contribution in [-0.4, -0.2) is 35.9 Å². The Kier molecular flexibility index (Phi) is 6.79. The Labute approximate surface area is 208 Å². The van der Waals surface area contributed by atoms with E-state index in [1.54, 1.807) is 50.4 Å². The number of carbonyl (C=O) groups is 3. The normalized spacial score (nSPS) is 14.1. The minimum Gasteiger partial charge on any atom is -0.497 e. The number of esters is 1. The van der Waals surface area contributed by atoms with Crippen molar-refractivity contribution in [2.24, 2.45) is 5.41 Å². The maximum Gasteiger partial charge on any atom is 0.338 e. The van der Waals surface area contributed by atoms with Crippen LogP contribution < -0.4 is 15.6 Å². The van der Waals surface area contributed by atoms with Gasteiger partial charge < -0.3 is 14.8 Å². The number of aromatic nitrogens is 1. The maximum absolute atomic E-state index is 13.7. The molecule has 0 atom stereocenters. The van der Waals surface area contributed by atoms with Crippen LogP contribution in [0, 0.1) is 5.41 Å². The number of methoxy groups -OCH3 is 1. The lowest BCUT2D eigenvalue weighted by Crippen LogP contribution is -2.37. The molecule has 0 aliphatic heterocycles. The fraction of sp³-hybridized carbons (Fsp3) is 0.286. The molecule has 0 fully saturated rings. The van der Waals surface area contributed by atoms with E-state index < -0.39 is 17.4 Å². The second-order valence-corrected chi connectivity index (χ2v) is 9.45. The highest BCUT2D eigenvalue weighted by atomic mass is 16.5. The third-order valence-corrected chi connectivity index (χ3v) is 6.12. The van der Waals surface area contributed by atoms with Gasteiger partial charge in [-0.1, -0.05) is 13.8 Å². The van der Waals surface area contributed by atoms with Gasteiger partial charge in [-0.2, -0.15) is 0 Å². The monoisotopic (exact) mass is 488 g/mol. The maximum atomic E-state index is 13.7. The second-order valence-electron chi connectivity index (χ2n) is 9.45. The van der Waals surface area contributed by atoms with Crippen molar-refractivity contribution in [1.29, 1.82) is 0 Å². The van der Waals surface area contributed by atoms with Crippen molar-refractivity contribution in [1.82, 2.24) is 4.57 Å². The molecule has 2 aromatic carbocycles. The molecule has 36 heavy (non-hydrogen) atoms. The van der Waals surface area contributed by atoms with Crippen molar-refractivity contribution in [2.75, 3.05) is 19.0 Å². The molecule has 0 spiro atoms. The summed E-state index contributed by atoms with van der Waals surface area (Å²) in [5.41, 5.74) is 1.24. The molecule has 1 amide bonds. The summed E-state index contributed by atoms with van der Waals surface area (Å²) in [6, 6.07) is 14.5. The zero-order valence-electron chi connectivity index (χ0n) is 20.7. The molecule has 0 radical (unpaired) electrons. The molecule has 1 N–H and O–H groups in total. The van der Waals surface area contributed by atoms with E-state index in [0.29, 0.717) is 46.8 Å². The number of rotatable bonds is 6. The average Bonchev–Trinajstić information content (AvgIpc) is 2.84. The highest BCUT2D eigenvalue weighted by Crippen LogP contribution is 2.35. The first-order valence-corrected chi connectivity index (χ1v) is 11.7. The minimum absolute atomic E-state index is 0.114. The molecule has 0 bridgehead atoms. The van der Waals surface area contributed by atoms with Crippen LogP contribution in [0.1, 0.15) is 64.0 Å². The van der Waals surface area contributed by atoms with E-state index in [1.165, 1.54) is 22.8 Å². The van der Waals surface area contributed by atoms with E-state index in [-0.39, 0.29) is 23.4 Å². The molecule has 1 aliphatic carbocycles. The number of hydrogen-bond donors (Lipinski definition) is 1. The van der Waals surface area contributed by atoms with Crippen LogP contribution in [0.2, 0.25) is 0 Å². The van der Waals surface area contributed by atoms with Crippen LogP contribution in [-0.2, 0) is 11.2 Å². The third kappa shape index (κ3) is 4.93. The van der Waals surface area contributed by atoms with Gasteiger partial charge in [-0.05, 0) is 73.4 Å². The van der Waals surface area contributed by atoms with Crippen LogP contribution in [0.5, 0.6) is 5.75 Å². The SMILES string of the molecule is CCOC(=O)c1ccc(NC(=O)c2cc3c(n(-c4ccc(OC)cc4)c2=O)CC(C)(C)CC3=O)cc1. The Balaban J connectivity index is 1.76. The lowest BCUT2D eigenvalue weighted by atomic mass is 9.75. The first-order chi connectivity index (χ1) is 17.1. The van der Waals surface area contributed by atoms with Gasteiger partial charge >= 0.3 is 5.97 Å². The van der Waals surface area contributed by atoms with Crippen LogP contribution in [0.15, 0.2) is 59.4 Å². The van der Waals surface area contributed by atoms with Crippen molar-refractivity contribution >= 4 is 23.3 Å².